The Kier molecular flexibility index (Phi) is 12.7. The summed E-state index contributed by atoms with van der Waals surface area (Å²) in [6.07, 6.45) is 0.456. The number of amides is 2. The lowest BCUT2D eigenvalue weighted by molar-refractivity contribution is -0.246. The number of carboxylic acid groups (broad SMARTS) is 3. The molecule has 0 saturated carbocycles. The van der Waals surface area contributed by atoms with Crippen LogP contribution < -0.4 is 21.4 Å². The Morgan fingerprint density at radius 2 is 0.767 bits per heavy atom. The number of carbonyl (C=O) groups excluding carboxylic acids is 2. The Balaban J connectivity index is 1.19. The molecular formula is C58H44N6O9. The number of hydrogen-bond acceptors (Lipinski definition) is 6. The van der Waals surface area contributed by atoms with Crippen LogP contribution >= 0.6 is 0 Å². The average molecular weight is 969 g/mol. The van der Waals surface area contributed by atoms with Gasteiger partial charge in [-0.25, -0.2) is 24.2 Å². The molecule has 0 unspecified atom stereocenters. The molecule has 0 fully saturated rings. The molecule has 15 heteroatoms. The molecule has 7 N–H and O–H groups in total. The summed E-state index contributed by atoms with van der Waals surface area (Å²) in [5.74, 6) is -3.65. The Bertz CT molecular complexity index is 3850. The van der Waals surface area contributed by atoms with E-state index in [0.717, 1.165) is 33.0 Å². The molecule has 0 spiro atoms. The first-order valence-corrected chi connectivity index (χ1v) is 23.1. The van der Waals surface area contributed by atoms with Crippen LogP contribution in [-0.2, 0) is 16.2 Å². The second-order valence-electron chi connectivity index (χ2n) is 17.1. The lowest BCUT2D eigenvalue weighted by Gasteiger charge is -2.29. The van der Waals surface area contributed by atoms with E-state index in [1.807, 2.05) is 91.0 Å². The normalized spacial score (nSPS) is 12.1. The van der Waals surface area contributed by atoms with Gasteiger partial charge in [0.15, 0.2) is 0 Å². The van der Waals surface area contributed by atoms with Crippen LogP contribution in [0.2, 0.25) is 0 Å². The number of hydrazine groups is 1. The van der Waals surface area contributed by atoms with Crippen LogP contribution in [0, 0.1) is 0 Å². The fraction of sp³-hybridized carbons (Fsp3) is 0.0517. The van der Waals surface area contributed by atoms with E-state index in [4.69, 9.17) is 4.84 Å². The summed E-state index contributed by atoms with van der Waals surface area (Å²) in [5.41, 5.74) is 9.93. The highest BCUT2D eigenvalue weighted by Crippen LogP contribution is 2.29. The van der Waals surface area contributed by atoms with Crippen molar-refractivity contribution in [2.45, 2.75) is 13.5 Å². The number of hydroxylamine groups is 1. The third-order valence-electron chi connectivity index (χ3n) is 12.6. The number of hydrogen-bond donors (Lipinski definition) is 7. The minimum atomic E-state index is -1.06. The van der Waals surface area contributed by atoms with Crippen LogP contribution in [-0.4, -0.2) is 82.2 Å². The van der Waals surface area contributed by atoms with E-state index in [1.54, 1.807) is 91.9 Å². The molecule has 0 saturated heterocycles. The number of carboxylic acids is 3. The van der Waals surface area contributed by atoms with E-state index < -0.39 is 23.8 Å². The molecule has 73 heavy (non-hydrogen) atoms. The molecule has 4 aromatic heterocycles. The second-order valence-corrected chi connectivity index (χ2v) is 17.1. The fourth-order valence-corrected chi connectivity index (χ4v) is 9.08. The summed E-state index contributed by atoms with van der Waals surface area (Å²) < 4.78 is 0. The van der Waals surface area contributed by atoms with Gasteiger partial charge >= 0.3 is 17.9 Å². The van der Waals surface area contributed by atoms with Crippen molar-refractivity contribution >= 4 is 52.5 Å². The van der Waals surface area contributed by atoms with Gasteiger partial charge in [-0.05, 0) is 132 Å². The maximum Gasteiger partial charge on any atom is 0.335 e. The van der Waals surface area contributed by atoms with Gasteiger partial charge in [0.2, 0.25) is 0 Å². The summed E-state index contributed by atoms with van der Waals surface area (Å²) in [6, 6.07) is 51.6. The van der Waals surface area contributed by atoms with Crippen molar-refractivity contribution < 1.29 is 44.1 Å². The molecule has 9 aromatic rings. The maximum absolute atomic E-state index is 14.1. The molecule has 5 aromatic carbocycles. The monoisotopic (exact) mass is 968 g/mol. The Morgan fingerprint density at radius 3 is 1.07 bits per heavy atom. The van der Waals surface area contributed by atoms with Crippen LogP contribution in [0.3, 0.4) is 0 Å². The van der Waals surface area contributed by atoms with Gasteiger partial charge in [-0.1, -0.05) is 78.9 Å². The number of aromatic amines is 4. The highest BCUT2D eigenvalue weighted by atomic mass is 16.7. The summed E-state index contributed by atoms with van der Waals surface area (Å²) >= 11 is 0. The van der Waals surface area contributed by atoms with Crippen LogP contribution in [0.4, 0.5) is 0 Å². The average Bonchev–Trinajstić information content (AvgIpc) is 4.27. The molecule has 0 aliphatic carbocycles. The van der Waals surface area contributed by atoms with Crippen LogP contribution in [0.25, 0.3) is 22.3 Å². The van der Waals surface area contributed by atoms with Crippen molar-refractivity contribution in [1.29, 1.82) is 0 Å². The molecule has 10 rings (SSSR count). The third-order valence-corrected chi connectivity index (χ3v) is 12.6. The number of nitrogens with zero attached hydrogens (tertiary/aromatic N) is 2. The first-order valence-electron chi connectivity index (χ1n) is 23.1. The predicted octanol–water partition coefficient (Wildman–Crippen LogP) is 6.36. The standard InChI is InChI=1S/C58H44N6O9/c1-2-63(64(33-65)73-32-34-6-4-3-5-7-34)55(66)39-16-8-35(9-17-39)51-43-24-26-45(59-43)52(36-10-18-40(19-11-36)56(67)68)47-28-30-49(61-47)54(38-14-22-42(23-15-38)58(71)72)50-31-29-48(62-50)53(46-27-25-44(51)60-46)37-12-20-41(21-13-37)57(69)70/h3-31,33,59-62H,2,32H2,1H3,(H,67,68)(H,69,70)(H,71,72). The lowest BCUT2D eigenvalue weighted by Crippen LogP contribution is -2.45. The van der Waals surface area contributed by atoms with Crippen LogP contribution in [0.1, 0.15) is 98.9 Å². The number of carbonyl (C=O) groups is 5. The minimum Gasteiger partial charge on any atom is -0.478 e. The number of H-pyrrole nitrogens is 4. The van der Waals surface area contributed by atoms with Crippen molar-refractivity contribution in [1.82, 2.24) is 30.1 Å². The fourth-order valence-electron chi connectivity index (χ4n) is 9.08. The van der Waals surface area contributed by atoms with Crippen molar-refractivity contribution in [3.05, 3.63) is 270 Å². The summed E-state index contributed by atoms with van der Waals surface area (Å²) in [6.45, 7) is 1.95. The molecule has 1 aliphatic rings. The van der Waals surface area contributed by atoms with Gasteiger partial charge < -0.3 is 35.3 Å². The molecule has 360 valence electrons. The number of fused-ring (bicyclic) bond motifs is 8. The van der Waals surface area contributed by atoms with Crippen LogP contribution in [0.5, 0.6) is 0 Å². The van der Waals surface area contributed by atoms with E-state index in [1.165, 1.54) is 5.01 Å². The van der Waals surface area contributed by atoms with Crippen molar-refractivity contribution in [2.24, 2.45) is 0 Å². The molecule has 0 atom stereocenters. The van der Waals surface area contributed by atoms with Crippen molar-refractivity contribution in [3.8, 4) is 0 Å². The van der Waals surface area contributed by atoms with Crippen molar-refractivity contribution in [3.63, 3.8) is 0 Å². The van der Waals surface area contributed by atoms with Gasteiger partial charge in [-0.2, -0.15) is 0 Å². The highest BCUT2D eigenvalue weighted by Gasteiger charge is 2.24. The Morgan fingerprint density at radius 1 is 0.438 bits per heavy atom. The molecule has 2 amide bonds. The molecule has 8 bridgehead atoms. The van der Waals surface area contributed by atoms with Gasteiger partial charge in [-0.15, -0.1) is 5.17 Å². The first kappa shape index (κ1) is 46.7. The van der Waals surface area contributed by atoms with Gasteiger partial charge in [-0.3, -0.25) is 9.59 Å². The first-order chi connectivity index (χ1) is 35.5. The number of benzene rings is 5. The van der Waals surface area contributed by atoms with Gasteiger partial charge in [0.1, 0.15) is 6.61 Å². The Hall–Kier alpha value is -9.99. The molecule has 1 aliphatic heterocycles. The summed E-state index contributed by atoms with van der Waals surface area (Å²) in [5, 5.41) is 34.2. The molecule has 15 nitrogen and oxygen atoms in total. The predicted molar refractivity (Wildman–Crippen MR) is 271 cm³/mol. The van der Waals surface area contributed by atoms with Crippen LogP contribution in [0.15, 0.2) is 176 Å². The summed E-state index contributed by atoms with van der Waals surface area (Å²) in [4.78, 5) is 82.7. The SMILES string of the molecule is CCN(C(=O)c1ccc(C2=c3ccc([nH]3)=C(c3ccc(C(=O)O)cc3)c3ccc([nH]3)C(c3ccc(C(=O)O)cc3)=c3ccc([nH]3)=C(c3ccc(C(=O)O)cc3)c3ccc2[nH]3)cc1)N(C=O)OCc1ccccc1. The van der Waals surface area contributed by atoms with Gasteiger partial charge in [0.25, 0.3) is 12.3 Å². The highest BCUT2D eigenvalue weighted by molar-refractivity contribution is 5.95. The quantitative estimate of drug-likeness (QED) is 0.0475. The van der Waals surface area contributed by atoms with Gasteiger partial charge in [0, 0.05) is 78.6 Å². The zero-order valence-electron chi connectivity index (χ0n) is 38.9. The van der Waals surface area contributed by atoms with E-state index >= 15 is 0 Å². The number of aromatic nitrogens is 4. The van der Waals surface area contributed by atoms with E-state index in [9.17, 15) is 39.3 Å². The topological polar surface area (TPSA) is 225 Å². The van der Waals surface area contributed by atoms with Gasteiger partial charge in [0.05, 0.1) is 16.7 Å². The van der Waals surface area contributed by atoms with Crippen molar-refractivity contribution in [2.75, 3.05) is 6.54 Å². The summed E-state index contributed by atoms with van der Waals surface area (Å²) in [7, 11) is 0. The second kappa shape index (κ2) is 19.8. The zero-order valence-corrected chi connectivity index (χ0v) is 38.9. The van der Waals surface area contributed by atoms with E-state index in [2.05, 4.69) is 19.9 Å². The zero-order chi connectivity index (χ0) is 50.8. The number of aromatic carboxylic acids is 3. The smallest absolute Gasteiger partial charge is 0.335 e. The lowest BCUT2D eigenvalue weighted by atomic mass is 10.0. The van der Waals surface area contributed by atoms with E-state index in [0.29, 0.717) is 78.4 Å². The third kappa shape index (κ3) is 9.29. The number of nitrogens with one attached hydrogen (secondary N) is 4. The maximum atomic E-state index is 14.1. The molecule has 0 radical (unpaired) electrons. The Labute approximate surface area is 415 Å². The number of rotatable bonds is 14. The largest absolute Gasteiger partial charge is 0.478 e. The molecule has 5 heterocycles. The minimum absolute atomic E-state index is 0.0660. The molecular weight excluding hydrogens is 925 g/mol. The van der Waals surface area contributed by atoms with E-state index in [-0.39, 0.29) is 29.8 Å².